The summed E-state index contributed by atoms with van der Waals surface area (Å²) < 4.78 is 18.8. The molecule has 0 bridgehead atoms. The lowest BCUT2D eigenvalue weighted by Crippen LogP contribution is -2.44. The summed E-state index contributed by atoms with van der Waals surface area (Å²) in [6, 6.07) is 14.5. The number of pyridine rings is 2. The molecule has 4 aromatic rings. The summed E-state index contributed by atoms with van der Waals surface area (Å²) in [6.07, 6.45) is 6.45. The number of halogens is 1. The van der Waals surface area contributed by atoms with Gasteiger partial charge in [-0.15, -0.1) is 0 Å². The minimum atomic E-state index is -0.476. The summed E-state index contributed by atoms with van der Waals surface area (Å²) in [5.74, 6) is -0.565. The number of fused-ring (bicyclic) bond motifs is 1. The van der Waals surface area contributed by atoms with Crippen LogP contribution in [-0.2, 0) is 0 Å². The van der Waals surface area contributed by atoms with Gasteiger partial charge < -0.3 is 14.6 Å². The van der Waals surface area contributed by atoms with Crippen LogP contribution in [0.3, 0.4) is 0 Å². The van der Waals surface area contributed by atoms with Crippen LogP contribution < -0.4 is 10.2 Å². The first-order chi connectivity index (χ1) is 15.2. The minimum absolute atomic E-state index is 0.0885. The molecule has 0 spiro atoms. The van der Waals surface area contributed by atoms with E-state index in [1.807, 2.05) is 42.5 Å². The smallest absolute Gasteiger partial charge is 0.251 e. The highest BCUT2D eigenvalue weighted by Gasteiger charge is 2.22. The first-order valence-corrected chi connectivity index (χ1v) is 10.3. The van der Waals surface area contributed by atoms with Crippen LogP contribution in [-0.4, -0.2) is 35.0 Å². The Labute approximate surface area is 178 Å². The van der Waals surface area contributed by atoms with Gasteiger partial charge in [-0.3, -0.25) is 9.78 Å². The summed E-state index contributed by atoms with van der Waals surface area (Å²) in [7, 11) is 0. The van der Waals surface area contributed by atoms with E-state index in [0.29, 0.717) is 5.56 Å². The van der Waals surface area contributed by atoms with E-state index in [0.717, 1.165) is 53.8 Å². The Balaban J connectivity index is 1.22. The molecule has 1 aliphatic rings. The number of benzene rings is 1. The van der Waals surface area contributed by atoms with Crippen LogP contribution in [0.15, 0.2) is 71.6 Å². The number of hydrogen-bond donors (Lipinski definition) is 1. The topological polar surface area (TPSA) is 71.3 Å². The second-order valence-corrected chi connectivity index (χ2v) is 7.64. The zero-order valence-electron chi connectivity index (χ0n) is 16.8. The van der Waals surface area contributed by atoms with Crippen molar-refractivity contribution in [1.82, 2.24) is 15.3 Å². The summed E-state index contributed by atoms with van der Waals surface area (Å²) >= 11 is 0. The van der Waals surface area contributed by atoms with Gasteiger partial charge in [-0.1, -0.05) is 12.1 Å². The number of rotatable bonds is 4. The van der Waals surface area contributed by atoms with Crippen LogP contribution >= 0.6 is 0 Å². The number of piperidine rings is 1. The number of nitrogens with one attached hydrogen (secondary N) is 1. The van der Waals surface area contributed by atoms with E-state index < -0.39 is 5.95 Å². The molecule has 1 aromatic carbocycles. The van der Waals surface area contributed by atoms with E-state index in [2.05, 4.69) is 20.2 Å². The third kappa shape index (κ3) is 3.99. The molecule has 5 rings (SSSR count). The second-order valence-electron chi connectivity index (χ2n) is 7.64. The molecule has 0 radical (unpaired) electrons. The lowest BCUT2D eigenvalue weighted by Gasteiger charge is -2.33. The molecule has 31 heavy (non-hydrogen) atoms. The van der Waals surface area contributed by atoms with Crippen LogP contribution in [0.25, 0.3) is 22.2 Å². The quantitative estimate of drug-likeness (QED) is 0.499. The van der Waals surface area contributed by atoms with Gasteiger partial charge in [0.15, 0.2) is 0 Å². The van der Waals surface area contributed by atoms with Crippen molar-refractivity contribution >= 4 is 22.6 Å². The van der Waals surface area contributed by atoms with Crippen molar-refractivity contribution in [3.8, 4) is 11.3 Å². The molecule has 6 nitrogen and oxygen atoms in total. The third-order valence-corrected chi connectivity index (χ3v) is 5.71. The van der Waals surface area contributed by atoms with Crippen molar-refractivity contribution in [3.05, 3.63) is 78.7 Å². The molecule has 1 N–H and O–H groups in total. The Morgan fingerprint density at radius 1 is 1.03 bits per heavy atom. The highest BCUT2D eigenvalue weighted by atomic mass is 19.1. The number of carbonyl (C=O) groups is 1. The monoisotopic (exact) mass is 416 g/mol. The van der Waals surface area contributed by atoms with Crippen LogP contribution in [0.1, 0.15) is 23.2 Å². The van der Waals surface area contributed by atoms with Gasteiger partial charge in [0, 0.05) is 59.8 Å². The van der Waals surface area contributed by atoms with E-state index in [-0.39, 0.29) is 11.9 Å². The molecule has 156 valence electrons. The summed E-state index contributed by atoms with van der Waals surface area (Å²) in [4.78, 5) is 22.9. The van der Waals surface area contributed by atoms with Crippen molar-refractivity contribution in [2.24, 2.45) is 0 Å². The Hall–Kier alpha value is -3.74. The van der Waals surface area contributed by atoms with Gasteiger partial charge in [-0.2, -0.15) is 4.39 Å². The predicted octanol–water partition coefficient (Wildman–Crippen LogP) is 4.43. The lowest BCUT2D eigenvalue weighted by molar-refractivity contribution is 0.0931. The molecule has 0 saturated carbocycles. The number of anilines is 1. The van der Waals surface area contributed by atoms with E-state index in [4.69, 9.17) is 4.42 Å². The Morgan fingerprint density at radius 2 is 1.81 bits per heavy atom. The zero-order chi connectivity index (χ0) is 21.2. The molecular weight excluding hydrogens is 395 g/mol. The zero-order valence-corrected chi connectivity index (χ0v) is 16.8. The van der Waals surface area contributed by atoms with Gasteiger partial charge in [0.25, 0.3) is 5.91 Å². The maximum Gasteiger partial charge on any atom is 0.251 e. The second kappa shape index (κ2) is 8.18. The van der Waals surface area contributed by atoms with E-state index in [1.54, 1.807) is 12.5 Å². The third-order valence-electron chi connectivity index (χ3n) is 5.71. The molecule has 1 saturated heterocycles. The summed E-state index contributed by atoms with van der Waals surface area (Å²) in [5.41, 5.74) is 3.99. The molecule has 1 aliphatic heterocycles. The van der Waals surface area contributed by atoms with Crippen molar-refractivity contribution in [2.75, 3.05) is 18.0 Å². The highest BCUT2D eigenvalue weighted by molar-refractivity contribution is 5.96. The highest BCUT2D eigenvalue weighted by Crippen LogP contribution is 2.27. The summed E-state index contributed by atoms with van der Waals surface area (Å²) in [6.45, 7) is 1.52. The van der Waals surface area contributed by atoms with Gasteiger partial charge >= 0.3 is 0 Å². The van der Waals surface area contributed by atoms with Crippen molar-refractivity contribution in [2.45, 2.75) is 18.9 Å². The molecule has 1 fully saturated rings. The first-order valence-electron chi connectivity index (χ1n) is 10.3. The number of nitrogens with zero attached hydrogens (tertiary/aromatic N) is 3. The van der Waals surface area contributed by atoms with Crippen molar-refractivity contribution in [3.63, 3.8) is 0 Å². The number of amides is 1. The fourth-order valence-electron chi connectivity index (χ4n) is 4.04. The lowest BCUT2D eigenvalue weighted by atomic mass is 10.0. The van der Waals surface area contributed by atoms with Crippen LogP contribution in [0, 0.1) is 5.95 Å². The maximum absolute atomic E-state index is 13.4. The van der Waals surface area contributed by atoms with E-state index in [9.17, 15) is 9.18 Å². The molecule has 0 atom stereocenters. The van der Waals surface area contributed by atoms with Crippen molar-refractivity contribution in [1.29, 1.82) is 0 Å². The average Bonchev–Trinajstić information content (AvgIpc) is 3.29. The molecule has 4 heterocycles. The van der Waals surface area contributed by atoms with Crippen LogP contribution in [0.5, 0.6) is 0 Å². The Bertz CT molecular complexity index is 1210. The number of furan rings is 1. The standard InChI is InChI=1S/C24H21FN4O2/c25-22-15-19(5-10-26-22)29-12-7-18(8-13-29)28-24(30)17-3-1-16(2-4-17)23-20-9-14-31-21(20)6-11-27-23/h1-6,9-11,14-15,18H,7-8,12-13H2,(H,28,30). The molecule has 3 aromatic heterocycles. The van der Waals surface area contributed by atoms with Gasteiger partial charge in [-0.25, -0.2) is 4.98 Å². The normalized spacial score (nSPS) is 14.7. The van der Waals surface area contributed by atoms with E-state index >= 15 is 0 Å². The predicted molar refractivity (Wildman–Crippen MR) is 116 cm³/mol. The van der Waals surface area contributed by atoms with Crippen LogP contribution in [0.2, 0.25) is 0 Å². The molecule has 7 heteroatoms. The van der Waals surface area contributed by atoms with Gasteiger partial charge in [-0.05, 0) is 43.2 Å². The van der Waals surface area contributed by atoms with E-state index in [1.165, 1.54) is 12.3 Å². The molecule has 0 unspecified atom stereocenters. The fraction of sp³-hybridized carbons (Fsp3) is 0.208. The van der Waals surface area contributed by atoms with Gasteiger partial charge in [0.1, 0.15) is 5.58 Å². The Morgan fingerprint density at radius 3 is 2.58 bits per heavy atom. The summed E-state index contributed by atoms with van der Waals surface area (Å²) in [5, 5.41) is 4.07. The average molecular weight is 416 g/mol. The Kier molecular flexibility index (Phi) is 5.08. The van der Waals surface area contributed by atoms with Crippen LogP contribution in [0.4, 0.5) is 10.1 Å². The fourth-order valence-corrected chi connectivity index (χ4v) is 4.04. The number of hydrogen-bond acceptors (Lipinski definition) is 5. The maximum atomic E-state index is 13.4. The molecular formula is C24H21FN4O2. The van der Waals surface area contributed by atoms with Crippen molar-refractivity contribution < 1.29 is 13.6 Å². The number of carbonyl (C=O) groups excluding carboxylic acids is 1. The first kappa shape index (κ1) is 19.2. The minimum Gasteiger partial charge on any atom is -0.464 e. The van der Waals surface area contributed by atoms with Gasteiger partial charge in [0.2, 0.25) is 5.95 Å². The molecule has 0 aliphatic carbocycles. The largest absolute Gasteiger partial charge is 0.464 e. The SMILES string of the molecule is O=C(NC1CCN(c2ccnc(F)c2)CC1)c1ccc(-c2nccc3occc23)cc1. The molecule has 1 amide bonds. The van der Waals surface area contributed by atoms with Gasteiger partial charge in [0.05, 0.1) is 12.0 Å². The number of aromatic nitrogens is 2.